The molecule has 0 radical (unpaired) electrons. The summed E-state index contributed by atoms with van der Waals surface area (Å²) in [5.74, 6) is 0. The van der Waals surface area contributed by atoms with Gasteiger partial charge in [-0.2, -0.15) is 0 Å². The smallest absolute Gasteiger partial charge is 0.293 e. The highest BCUT2D eigenvalue weighted by atomic mass is 127. The third-order valence-corrected chi connectivity index (χ3v) is 3.95. The molecule has 0 saturated heterocycles. The van der Waals surface area contributed by atoms with E-state index in [0.29, 0.717) is 12.1 Å². The van der Waals surface area contributed by atoms with Gasteiger partial charge in [-0.05, 0) is 46.4 Å². The number of nitrogens with zero attached hydrogens (tertiary/aromatic N) is 2. The molecule has 5 heteroatoms. The molecule has 0 bridgehead atoms. The predicted molar refractivity (Wildman–Crippen MR) is 86.9 cm³/mol. The molecule has 0 amide bonds. The fraction of sp³-hybridized carbons (Fsp3) is 0.0667. The quantitative estimate of drug-likeness (QED) is 0.390. The third kappa shape index (κ3) is 2.40. The van der Waals surface area contributed by atoms with Crippen LogP contribution in [0.15, 0.2) is 54.7 Å². The van der Waals surface area contributed by atoms with Gasteiger partial charge in [-0.1, -0.05) is 24.3 Å². The van der Waals surface area contributed by atoms with Crippen LogP contribution in [-0.4, -0.2) is 9.49 Å². The van der Waals surface area contributed by atoms with Crippen molar-refractivity contribution < 1.29 is 4.92 Å². The Balaban J connectivity index is 2.07. The molecule has 0 N–H and O–H groups in total. The Morgan fingerprint density at radius 3 is 2.55 bits per heavy atom. The number of hydrogen-bond donors (Lipinski definition) is 0. The predicted octanol–water partition coefficient (Wildman–Crippen LogP) is 4.20. The minimum absolute atomic E-state index is 0.151. The molecule has 0 aliphatic heterocycles. The van der Waals surface area contributed by atoms with Crippen LogP contribution in [0.1, 0.15) is 5.56 Å². The fourth-order valence-electron chi connectivity index (χ4n) is 2.31. The van der Waals surface area contributed by atoms with Crippen molar-refractivity contribution in [3.05, 3.63) is 74.0 Å². The molecular weight excluding hydrogens is 367 g/mol. The summed E-state index contributed by atoms with van der Waals surface area (Å²) < 4.78 is 3.10. The summed E-state index contributed by atoms with van der Waals surface area (Å²) in [4.78, 5) is 10.8. The summed E-state index contributed by atoms with van der Waals surface area (Å²) in [7, 11) is 0. The van der Waals surface area contributed by atoms with E-state index in [4.69, 9.17) is 0 Å². The minimum atomic E-state index is -0.327. The van der Waals surface area contributed by atoms with Gasteiger partial charge in [0, 0.05) is 27.8 Å². The first-order valence-corrected chi connectivity index (χ1v) is 7.20. The Kier molecular flexibility index (Phi) is 3.43. The SMILES string of the molecule is O=[N+]([O-])c1cccc2ccn(Cc3ccc(I)cc3)c12. The number of fused-ring (bicyclic) bond motifs is 1. The highest BCUT2D eigenvalue weighted by Crippen LogP contribution is 2.27. The maximum absolute atomic E-state index is 11.2. The van der Waals surface area contributed by atoms with E-state index < -0.39 is 0 Å². The molecular formula is C15H11IN2O2. The van der Waals surface area contributed by atoms with Crippen molar-refractivity contribution in [2.75, 3.05) is 0 Å². The van der Waals surface area contributed by atoms with Crippen molar-refractivity contribution in [2.24, 2.45) is 0 Å². The van der Waals surface area contributed by atoms with Gasteiger partial charge >= 0.3 is 0 Å². The van der Waals surface area contributed by atoms with Crippen molar-refractivity contribution >= 4 is 39.2 Å². The lowest BCUT2D eigenvalue weighted by atomic mass is 10.2. The van der Waals surface area contributed by atoms with Gasteiger partial charge in [0.1, 0.15) is 5.52 Å². The molecule has 1 aromatic heterocycles. The monoisotopic (exact) mass is 378 g/mol. The van der Waals surface area contributed by atoms with E-state index in [1.807, 2.05) is 47.2 Å². The molecule has 0 aliphatic rings. The van der Waals surface area contributed by atoms with Crippen molar-refractivity contribution in [3.8, 4) is 0 Å². The number of hydrogen-bond acceptors (Lipinski definition) is 2. The van der Waals surface area contributed by atoms with Crippen LogP contribution in [0.3, 0.4) is 0 Å². The molecule has 0 unspecified atom stereocenters. The Hall–Kier alpha value is -1.89. The normalized spacial score (nSPS) is 10.8. The first kappa shape index (κ1) is 13.1. The summed E-state index contributed by atoms with van der Waals surface area (Å²) in [6.45, 7) is 0.630. The van der Waals surface area contributed by atoms with Gasteiger partial charge in [0.15, 0.2) is 0 Å². The van der Waals surface area contributed by atoms with Gasteiger partial charge in [0.05, 0.1) is 4.92 Å². The fourth-order valence-corrected chi connectivity index (χ4v) is 2.67. The van der Waals surface area contributed by atoms with Gasteiger partial charge in [0.2, 0.25) is 0 Å². The average Bonchev–Trinajstić information content (AvgIpc) is 2.84. The second kappa shape index (κ2) is 5.24. The molecule has 4 nitrogen and oxygen atoms in total. The van der Waals surface area contributed by atoms with E-state index in [1.165, 1.54) is 3.57 Å². The van der Waals surface area contributed by atoms with E-state index in [9.17, 15) is 10.1 Å². The summed E-state index contributed by atoms with van der Waals surface area (Å²) in [6.07, 6.45) is 1.90. The largest absolute Gasteiger partial charge is 0.337 e. The molecule has 0 saturated carbocycles. The highest BCUT2D eigenvalue weighted by molar-refractivity contribution is 14.1. The molecule has 20 heavy (non-hydrogen) atoms. The van der Waals surface area contributed by atoms with Crippen LogP contribution in [-0.2, 0) is 6.54 Å². The van der Waals surface area contributed by atoms with E-state index in [1.54, 1.807) is 12.1 Å². The number of para-hydroxylation sites is 1. The number of aromatic nitrogens is 1. The second-order valence-corrected chi connectivity index (χ2v) is 5.79. The first-order chi connectivity index (χ1) is 9.65. The second-order valence-electron chi connectivity index (χ2n) is 4.54. The topological polar surface area (TPSA) is 48.1 Å². The van der Waals surface area contributed by atoms with Gasteiger partial charge in [-0.3, -0.25) is 10.1 Å². The summed E-state index contributed by atoms with van der Waals surface area (Å²) in [6, 6.07) is 15.2. The van der Waals surface area contributed by atoms with Crippen LogP contribution in [0.4, 0.5) is 5.69 Å². The Bertz CT molecular complexity index is 778. The number of halogens is 1. The van der Waals surface area contributed by atoms with E-state index in [0.717, 1.165) is 10.9 Å². The van der Waals surface area contributed by atoms with Crippen molar-refractivity contribution in [1.82, 2.24) is 4.57 Å². The van der Waals surface area contributed by atoms with Gasteiger partial charge in [0.25, 0.3) is 5.69 Å². The minimum Gasteiger partial charge on any atom is -0.337 e. The molecule has 0 fully saturated rings. The van der Waals surface area contributed by atoms with Crippen LogP contribution >= 0.6 is 22.6 Å². The summed E-state index contributed by atoms with van der Waals surface area (Å²) >= 11 is 2.26. The van der Waals surface area contributed by atoms with Crippen molar-refractivity contribution in [3.63, 3.8) is 0 Å². The maximum atomic E-state index is 11.2. The molecule has 100 valence electrons. The molecule has 1 heterocycles. The zero-order valence-electron chi connectivity index (χ0n) is 10.5. The lowest BCUT2D eigenvalue weighted by Gasteiger charge is -2.06. The zero-order chi connectivity index (χ0) is 14.1. The van der Waals surface area contributed by atoms with Gasteiger partial charge in [-0.15, -0.1) is 0 Å². The number of nitro groups is 1. The Morgan fingerprint density at radius 1 is 1.10 bits per heavy atom. The highest BCUT2D eigenvalue weighted by Gasteiger charge is 2.15. The average molecular weight is 378 g/mol. The summed E-state index contributed by atoms with van der Waals surface area (Å²) in [5.41, 5.74) is 1.95. The van der Waals surface area contributed by atoms with Crippen LogP contribution in [0, 0.1) is 13.7 Å². The van der Waals surface area contributed by atoms with Crippen molar-refractivity contribution in [2.45, 2.75) is 6.54 Å². The van der Waals surface area contributed by atoms with Gasteiger partial charge < -0.3 is 4.57 Å². The van der Waals surface area contributed by atoms with Crippen LogP contribution in [0.25, 0.3) is 10.9 Å². The molecule has 2 aromatic carbocycles. The zero-order valence-corrected chi connectivity index (χ0v) is 12.6. The summed E-state index contributed by atoms with van der Waals surface area (Å²) in [5, 5.41) is 12.0. The molecule has 3 aromatic rings. The van der Waals surface area contributed by atoms with Crippen molar-refractivity contribution in [1.29, 1.82) is 0 Å². The van der Waals surface area contributed by atoms with E-state index >= 15 is 0 Å². The number of non-ortho nitro benzene ring substituents is 1. The number of benzene rings is 2. The molecule has 3 rings (SSSR count). The van der Waals surface area contributed by atoms with Crippen LogP contribution in [0.2, 0.25) is 0 Å². The number of rotatable bonds is 3. The Labute approximate surface area is 129 Å². The van der Waals surface area contributed by atoms with E-state index in [-0.39, 0.29) is 10.6 Å². The van der Waals surface area contributed by atoms with Crippen LogP contribution in [0.5, 0.6) is 0 Å². The maximum Gasteiger partial charge on any atom is 0.293 e. The van der Waals surface area contributed by atoms with Crippen LogP contribution < -0.4 is 0 Å². The van der Waals surface area contributed by atoms with E-state index in [2.05, 4.69) is 22.6 Å². The molecule has 0 atom stereocenters. The standard InChI is InChI=1S/C15H11IN2O2/c16-13-6-4-11(5-7-13)10-17-9-8-12-2-1-3-14(15(12)17)18(19)20/h1-9H,10H2. The molecule has 0 aliphatic carbocycles. The first-order valence-electron chi connectivity index (χ1n) is 6.12. The number of nitro benzene ring substituents is 1. The molecule has 0 spiro atoms. The Morgan fingerprint density at radius 2 is 1.85 bits per heavy atom. The van der Waals surface area contributed by atoms with Gasteiger partial charge in [-0.25, -0.2) is 0 Å². The lowest BCUT2D eigenvalue weighted by Crippen LogP contribution is -2.00. The third-order valence-electron chi connectivity index (χ3n) is 3.23. The lowest BCUT2D eigenvalue weighted by molar-refractivity contribution is -0.383.